The third-order valence-electron chi connectivity index (χ3n) is 4.88. The van der Waals surface area contributed by atoms with Crippen LogP contribution in [0.25, 0.3) is 6.08 Å². The van der Waals surface area contributed by atoms with E-state index in [1.54, 1.807) is 31.4 Å². The lowest BCUT2D eigenvalue weighted by Gasteiger charge is -2.31. The van der Waals surface area contributed by atoms with E-state index in [1.165, 1.54) is 10.5 Å². The van der Waals surface area contributed by atoms with Crippen LogP contribution in [0, 0.1) is 11.3 Å². The van der Waals surface area contributed by atoms with Crippen LogP contribution in [0.2, 0.25) is 0 Å². The largest absolute Gasteiger partial charge is 0.493 e. The first-order valence-electron chi connectivity index (χ1n) is 9.57. The number of hydrogen-bond donors (Lipinski definition) is 1. The fraction of sp³-hybridized carbons (Fsp3) is 0.318. The van der Waals surface area contributed by atoms with Gasteiger partial charge in [0.1, 0.15) is 12.6 Å². The summed E-state index contributed by atoms with van der Waals surface area (Å²) in [5, 5.41) is 8.63. The maximum absolute atomic E-state index is 12.5. The molecule has 7 nitrogen and oxygen atoms in total. The van der Waals surface area contributed by atoms with Gasteiger partial charge in [0.25, 0.3) is 0 Å². The molecule has 1 saturated heterocycles. The van der Waals surface area contributed by atoms with Gasteiger partial charge in [0.2, 0.25) is 5.91 Å². The van der Waals surface area contributed by atoms with Crippen LogP contribution >= 0.6 is 0 Å². The number of aromatic nitrogens is 1. The highest BCUT2D eigenvalue weighted by Gasteiger charge is 2.22. The minimum absolute atomic E-state index is 0.0109. The summed E-state index contributed by atoms with van der Waals surface area (Å²) in [4.78, 5) is 19.9. The molecule has 1 fully saturated rings. The Kier molecular flexibility index (Phi) is 7.20. The molecule has 1 N–H and O–H groups in total. The van der Waals surface area contributed by atoms with Crippen molar-refractivity contribution in [2.75, 3.05) is 39.9 Å². The molecule has 1 aromatic heterocycles. The molecule has 3 rings (SSSR count). The molecule has 2 heterocycles. The average Bonchev–Trinajstić information content (AvgIpc) is 2.77. The topological polar surface area (TPSA) is 79.9 Å². The predicted octanol–water partition coefficient (Wildman–Crippen LogP) is 0.933. The lowest BCUT2D eigenvalue weighted by molar-refractivity contribution is -0.917. The molecule has 1 aromatic carbocycles. The third-order valence-corrected chi connectivity index (χ3v) is 4.88. The number of hydrogen-bond acceptors (Lipinski definition) is 5. The molecule has 0 unspecified atom stereocenters. The Morgan fingerprint density at radius 3 is 2.69 bits per heavy atom. The van der Waals surface area contributed by atoms with Gasteiger partial charge in [-0.1, -0.05) is 6.07 Å². The zero-order chi connectivity index (χ0) is 20.5. The van der Waals surface area contributed by atoms with Crippen molar-refractivity contribution >= 4 is 12.0 Å². The van der Waals surface area contributed by atoms with Crippen molar-refractivity contribution in [3.8, 4) is 17.6 Å². The maximum Gasteiger partial charge on any atom is 0.246 e. The molecule has 1 amide bonds. The molecule has 0 spiro atoms. The molecule has 150 valence electrons. The van der Waals surface area contributed by atoms with Crippen molar-refractivity contribution in [1.29, 1.82) is 5.26 Å². The number of amides is 1. The van der Waals surface area contributed by atoms with Crippen LogP contribution in [-0.2, 0) is 11.3 Å². The number of carbonyl (C=O) groups is 1. The van der Waals surface area contributed by atoms with Crippen LogP contribution in [0.1, 0.15) is 11.1 Å². The molecule has 0 bridgehead atoms. The van der Waals surface area contributed by atoms with Gasteiger partial charge >= 0.3 is 0 Å². The van der Waals surface area contributed by atoms with Crippen molar-refractivity contribution in [3.05, 3.63) is 59.9 Å². The highest BCUT2D eigenvalue weighted by atomic mass is 16.5. The van der Waals surface area contributed by atoms with Gasteiger partial charge in [-0.25, -0.2) is 0 Å². The average molecular weight is 393 g/mol. The Labute approximate surface area is 170 Å². The van der Waals surface area contributed by atoms with Crippen molar-refractivity contribution in [2.24, 2.45) is 0 Å². The maximum atomic E-state index is 12.5. The van der Waals surface area contributed by atoms with Crippen LogP contribution in [0.15, 0.2) is 48.8 Å². The Bertz CT molecular complexity index is 885. The number of pyridine rings is 1. The molecule has 0 atom stereocenters. The minimum Gasteiger partial charge on any atom is -0.493 e. The van der Waals surface area contributed by atoms with Crippen LogP contribution in [0.3, 0.4) is 0 Å². The zero-order valence-electron chi connectivity index (χ0n) is 16.5. The minimum atomic E-state index is -0.0425. The number of methoxy groups -OCH3 is 1. The molecular formula is C22H25N4O3+. The number of quaternary nitrogens is 1. The molecule has 0 aliphatic carbocycles. The van der Waals surface area contributed by atoms with E-state index in [4.69, 9.17) is 14.7 Å². The number of piperazine rings is 1. The predicted molar refractivity (Wildman–Crippen MR) is 108 cm³/mol. The summed E-state index contributed by atoms with van der Waals surface area (Å²) < 4.78 is 10.6. The van der Waals surface area contributed by atoms with Gasteiger partial charge in [-0.3, -0.25) is 9.78 Å². The SMILES string of the molecule is COc1cc(/C=C/C(=O)N2CC[NH+](Cc3ccncc3)CC2)ccc1OCC#N. The van der Waals surface area contributed by atoms with E-state index >= 15 is 0 Å². The van der Waals surface area contributed by atoms with Gasteiger partial charge in [0, 0.05) is 24.0 Å². The normalized spacial score (nSPS) is 14.6. The van der Waals surface area contributed by atoms with Crippen LogP contribution in [0.5, 0.6) is 11.5 Å². The summed E-state index contributed by atoms with van der Waals surface area (Å²) in [7, 11) is 1.54. The van der Waals surface area contributed by atoms with E-state index in [0.29, 0.717) is 11.5 Å². The smallest absolute Gasteiger partial charge is 0.246 e. The van der Waals surface area contributed by atoms with Crippen molar-refractivity contribution in [2.45, 2.75) is 6.54 Å². The van der Waals surface area contributed by atoms with Gasteiger partial charge in [-0.15, -0.1) is 0 Å². The summed E-state index contributed by atoms with van der Waals surface area (Å²) in [6, 6.07) is 11.4. The van der Waals surface area contributed by atoms with Crippen molar-refractivity contribution in [3.63, 3.8) is 0 Å². The summed E-state index contributed by atoms with van der Waals surface area (Å²) in [6.45, 7) is 4.27. The Balaban J connectivity index is 1.53. The van der Waals surface area contributed by atoms with E-state index in [0.717, 1.165) is 38.3 Å². The number of rotatable bonds is 7. The molecule has 7 heteroatoms. The summed E-state index contributed by atoms with van der Waals surface area (Å²) >= 11 is 0. The Morgan fingerprint density at radius 1 is 1.24 bits per heavy atom. The van der Waals surface area contributed by atoms with Crippen molar-refractivity contribution in [1.82, 2.24) is 9.88 Å². The second-order valence-corrected chi connectivity index (χ2v) is 6.80. The van der Waals surface area contributed by atoms with Gasteiger partial charge in [0.15, 0.2) is 18.1 Å². The number of nitrogens with one attached hydrogen (secondary N) is 1. The van der Waals surface area contributed by atoms with E-state index in [1.807, 2.05) is 41.6 Å². The second-order valence-electron chi connectivity index (χ2n) is 6.80. The van der Waals surface area contributed by atoms with Crippen LogP contribution in [0.4, 0.5) is 0 Å². The summed E-state index contributed by atoms with van der Waals surface area (Å²) in [6.07, 6.45) is 7.00. The Hall–Kier alpha value is -3.37. The number of ether oxygens (including phenoxy) is 2. The van der Waals surface area contributed by atoms with E-state index in [9.17, 15) is 4.79 Å². The first-order chi connectivity index (χ1) is 14.2. The number of benzene rings is 1. The fourth-order valence-corrected chi connectivity index (χ4v) is 3.30. The van der Waals surface area contributed by atoms with Gasteiger partial charge < -0.3 is 19.3 Å². The quantitative estimate of drug-likeness (QED) is 0.708. The third kappa shape index (κ3) is 5.80. The summed E-state index contributed by atoms with van der Waals surface area (Å²) in [5.41, 5.74) is 2.10. The van der Waals surface area contributed by atoms with E-state index < -0.39 is 0 Å². The number of carbonyl (C=O) groups excluding carboxylic acids is 1. The zero-order valence-corrected chi connectivity index (χ0v) is 16.5. The fourth-order valence-electron chi connectivity index (χ4n) is 3.30. The molecule has 1 aliphatic rings. The monoisotopic (exact) mass is 393 g/mol. The molecule has 2 aromatic rings. The first-order valence-corrected chi connectivity index (χ1v) is 9.57. The molecule has 1 aliphatic heterocycles. The second kappa shape index (κ2) is 10.2. The Morgan fingerprint density at radius 2 is 2.00 bits per heavy atom. The number of nitrogens with zero attached hydrogens (tertiary/aromatic N) is 3. The van der Waals surface area contributed by atoms with Crippen LogP contribution in [-0.4, -0.2) is 55.7 Å². The molecule has 29 heavy (non-hydrogen) atoms. The van der Waals surface area contributed by atoms with Crippen LogP contribution < -0.4 is 14.4 Å². The van der Waals surface area contributed by atoms with E-state index in [-0.39, 0.29) is 12.5 Å². The lowest BCUT2D eigenvalue weighted by atomic mass is 10.1. The first kappa shape index (κ1) is 20.4. The summed E-state index contributed by atoms with van der Waals surface area (Å²) in [5.74, 6) is 1.05. The van der Waals surface area contributed by atoms with Crippen molar-refractivity contribution < 1.29 is 19.2 Å². The molecular weight excluding hydrogens is 368 g/mol. The van der Waals surface area contributed by atoms with Gasteiger partial charge in [0.05, 0.1) is 33.3 Å². The van der Waals surface area contributed by atoms with E-state index in [2.05, 4.69) is 4.98 Å². The van der Waals surface area contributed by atoms with Gasteiger partial charge in [-0.05, 0) is 35.9 Å². The number of nitriles is 1. The molecule has 0 saturated carbocycles. The van der Waals surface area contributed by atoms with Gasteiger partial charge in [-0.2, -0.15) is 5.26 Å². The molecule has 0 radical (unpaired) electrons. The highest BCUT2D eigenvalue weighted by Crippen LogP contribution is 2.28. The lowest BCUT2D eigenvalue weighted by Crippen LogP contribution is -3.13. The highest BCUT2D eigenvalue weighted by molar-refractivity contribution is 5.91. The standard InChI is InChI=1S/C22H24N4O3/c1-28-21-16-18(2-4-20(21)29-15-8-23)3-5-22(27)26-13-11-25(12-14-26)17-19-6-9-24-10-7-19/h2-7,9-10,16H,11-15,17H2,1H3/p+1/b5-3+.